The van der Waals surface area contributed by atoms with E-state index in [0.29, 0.717) is 17.3 Å². The first kappa shape index (κ1) is 18.1. The second-order valence-corrected chi connectivity index (χ2v) is 7.67. The molecule has 28 heavy (non-hydrogen) atoms. The maximum Gasteiger partial charge on any atom is 0.139 e. The summed E-state index contributed by atoms with van der Waals surface area (Å²) in [7, 11) is 0. The number of nitrogens with zero attached hydrogens (tertiary/aromatic N) is 1. The summed E-state index contributed by atoms with van der Waals surface area (Å²) in [6.45, 7) is 7.56. The van der Waals surface area contributed by atoms with Crippen LogP contribution in [0.3, 0.4) is 0 Å². The van der Waals surface area contributed by atoms with E-state index in [9.17, 15) is 10.2 Å². The van der Waals surface area contributed by atoms with Gasteiger partial charge >= 0.3 is 0 Å². The van der Waals surface area contributed by atoms with Gasteiger partial charge in [-0.25, -0.2) is 4.99 Å². The average molecular weight is 372 g/mol. The summed E-state index contributed by atoms with van der Waals surface area (Å²) in [4.78, 5) is 4.98. The molecule has 0 saturated carbocycles. The monoisotopic (exact) mass is 372 g/mol. The number of phenols is 2. The van der Waals surface area contributed by atoms with E-state index in [2.05, 4.69) is 0 Å². The predicted octanol–water partition coefficient (Wildman–Crippen LogP) is 4.34. The van der Waals surface area contributed by atoms with E-state index in [0.717, 1.165) is 44.5 Å². The van der Waals surface area contributed by atoms with Gasteiger partial charge in [0.1, 0.15) is 22.9 Å². The van der Waals surface area contributed by atoms with Crippen LogP contribution in [0, 0.1) is 27.7 Å². The Morgan fingerprint density at radius 2 is 1.18 bits per heavy atom. The zero-order valence-electron chi connectivity index (χ0n) is 16.5. The molecule has 4 N–H and O–H groups in total. The zero-order chi connectivity index (χ0) is 20.2. The molecule has 0 fully saturated rings. The molecule has 1 heterocycles. The maximum atomic E-state index is 10.3. The van der Waals surface area contributed by atoms with Crippen molar-refractivity contribution in [2.24, 2.45) is 10.7 Å². The number of aryl methyl sites for hydroxylation is 4. The van der Waals surface area contributed by atoms with Crippen LogP contribution in [-0.4, -0.2) is 16.0 Å². The Balaban J connectivity index is 2.14. The van der Waals surface area contributed by atoms with Crippen LogP contribution in [0.15, 0.2) is 53.5 Å². The van der Waals surface area contributed by atoms with Gasteiger partial charge in [-0.1, -0.05) is 24.3 Å². The molecule has 1 aliphatic rings. The lowest BCUT2D eigenvalue weighted by molar-refractivity contribution is 0.465. The number of benzene rings is 3. The van der Waals surface area contributed by atoms with E-state index in [1.807, 2.05) is 76.2 Å². The Morgan fingerprint density at radius 1 is 0.750 bits per heavy atom. The summed E-state index contributed by atoms with van der Waals surface area (Å²) < 4.78 is 0. The van der Waals surface area contributed by atoms with Gasteiger partial charge in [0.2, 0.25) is 0 Å². The highest BCUT2D eigenvalue weighted by atomic mass is 16.3. The minimum Gasteiger partial charge on any atom is -0.507 e. The van der Waals surface area contributed by atoms with Gasteiger partial charge < -0.3 is 15.9 Å². The molecule has 142 valence electrons. The highest BCUT2D eigenvalue weighted by molar-refractivity contribution is 6.03. The van der Waals surface area contributed by atoms with Crippen molar-refractivity contribution in [3.63, 3.8) is 0 Å². The molecule has 1 aliphatic heterocycles. The van der Waals surface area contributed by atoms with Crippen molar-refractivity contribution in [1.29, 1.82) is 0 Å². The van der Waals surface area contributed by atoms with Crippen LogP contribution in [0.2, 0.25) is 0 Å². The lowest BCUT2D eigenvalue weighted by atomic mass is 9.76. The first-order chi connectivity index (χ1) is 13.3. The summed E-state index contributed by atoms with van der Waals surface area (Å²) in [5, 5.41) is 20.6. The molecule has 0 bridgehead atoms. The first-order valence-corrected chi connectivity index (χ1v) is 9.32. The lowest BCUT2D eigenvalue weighted by Crippen LogP contribution is -2.26. The minimum atomic E-state index is -0.826. The fourth-order valence-corrected chi connectivity index (χ4v) is 4.26. The van der Waals surface area contributed by atoms with Crippen molar-refractivity contribution in [3.8, 4) is 11.5 Å². The van der Waals surface area contributed by atoms with Crippen LogP contribution in [0.4, 0.5) is 0 Å². The molecule has 0 amide bonds. The molecule has 4 heteroatoms. The molecule has 4 nitrogen and oxygen atoms in total. The molecule has 0 radical (unpaired) electrons. The summed E-state index contributed by atoms with van der Waals surface area (Å²) >= 11 is 0. The smallest absolute Gasteiger partial charge is 0.139 e. The molecular weight excluding hydrogens is 348 g/mol. The Hall–Kier alpha value is -3.27. The molecule has 3 aromatic carbocycles. The number of aromatic hydroxyl groups is 2. The summed E-state index contributed by atoms with van der Waals surface area (Å²) in [6, 6.07) is 15.9. The molecule has 0 spiro atoms. The third kappa shape index (κ3) is 2.41. The number of fused-ring (bicyclic) bond motifs is 1. The van der Waals surface area contributed by atoms with Crippen molar-refractivity contribution in [2.75, 3.05) is 0 Å². The number of amidine groups is 1. The molecule has 0 aliphatic carbocycles. The SMILES string of the molecule is Cc1cc(C2(c3cc(C)c(O)c(C)c3)N=C(N)c3ccccc32)cc(C)c1O. The van der Waals surface area contributed by atoms with Crippen molar-refractivity contribution >= 4 is 5.84 Å². The molecule has 3 aromatic rings. The molecule has 0 unspecified atom stereocenters. The highest BCUT2D eigenvalue weighted by Crippen LogP contribution is 2.48. The minimum absolute atomic E-state index is 0.292. The lowest BCUT2D eigenvalue weighted by Gasteiger charge is -2.31. The van der Waals surface area contributed by atoms with Gasteiger partial charge in [0.25, 0.3) is 0 Å². The van der Waals surface area contributed by atoms with E-state index < -0.39 is 5.54 Å². The highest BCUT2D eigenvalue weighted by Gasteiger charge is 2.43. The summed E-state index contributed by atoms with van der Waals surface area (Å²) in [5.74, 6) is 1.07. The quantitative estimate of drug-likeness (QED) is 0.626. The van der Waals surface area contributed by atoms with E-state index >= 15 is 0 Å². The summed E-state index contributed by atoms with van der Waals surface area (Å²) in [6.07, 6.45) is 0. The van der Waals surface area contributed by atoms with Crippen LogP contribution < -0.4 is 5.73 Å². The van der Waals surface area contributed by atoms with Crippen LogP contribution in [0.25, 0.3) is 0 Å². The van der Waals surface area contributed by atoms with Crippen molar-refractivity contribution in [2.45, 2.75) is 33.2 Å². The number of aliphatic imine (C=N–C) groups is 1. The summed E-state index contributed by atoms with van der Waals surface area (Å²) in [5.41, 5.74) is 12.5. The third-order valence-corrected chi connectivity index (χ3v) is 5.70. The topological polar surface area (TPSA) is 78.8 Å². The van der Waals surface area contributed by atoms with Gasteiger partial charge in [-0.15, -0.1) is 0 Å². The fraction of sp³-hybridized carbons (Fsp3) is 0.208. The van der Waals surface area contributed by atoms with E-state index in [4.69, 9.17) is 10.7 Å². The molecular formula is C24H24N2O2. The number of hydrogen-bond donors (Lipinski definition) is 3. The maximum absolute atomic E-state index is 10.3. The van der Waals surface area contributed by atoms with Crippen LogP contribution in [0.1, 0.15) is 44.5 Å². The van der Waals surface area contributed by atoms with E-state index in [1.54, 1.807) is 0 Å². The standard InChI is InChI=1S/C24H24N2O2/c1-13-9-17(10-14(2)21(13)27)24(18-11-15(3)22(28)16(4)12-18)20-8-6-5-7-19(20)23(25)26-24/h5-12,27-28H,1-4H3,(H2,25,26). The van der Waals surface area contributed by atoms with Gasteiger partial charge in [-0.2, -0.15) is 0 Å². The predicted molar refractivity (Wildman–Crippen MR) is 112 cm³/mol. The molecule has 4 rings (SSSR count). The second-order valence-electron chi connectivity index (χ2n) is 7.67. The van der Waals surface area contributed by atoms with Crippen molar-refractivity contribution < 1.29 is 10.2 Å². The van der Waals surface area contributed by atoms with E-state index in [1.165, 1.54) is 0 Å². The molecule has 0 aromatic heterocycles. The van der Waals surface area contributed by atoms with Gasteiger partial charge in [0.15, 0.2) is 0 Å². The Morgan fingerprint density at radius 3 is 1.64 bits per heavy atom. The van der Waals surface area contributed by atoms with Gasteiger partial charge in [0.05, 0.1) is 0 Å². The number of rotatable bonds is 2. The van der Waals surface area contributed by atoms with Gasteiger partial charge in [-0.3, -0.25) is 0 Å². The Kier molecular flexibility index (Phi) is 3.96. The Labute approximate surface area is 165 Å². The van der Waals surface area contributed by atoms with Gasteiger partial charge in [-0.05, 0) is 90.9 Å². The zero-order valence-corrected chi connectivity index (χ0v) is 16.5. The third-order valence-electron chi connectivity index (χ3n) is 5.70. The largest absolute Gasteiger partial charge is 0.507 e. The number of hydrogen-bond acceptors (Lipinski definition) is 4. The molecule has 0 atom stereocenters. The average Bonchev–Trinajstić information content (AvgIpc) is 2.97. The van der Waals surface area contributed by atoms with Crippen molar-refractivity contribution in [3.05, 3.63) is 93.0 Å². The normalized spacial score (nSPS) is 14.6. The number of phenolic OH excluding ortho intramolecular Hbond substituents is 2. The van der Waals surface area contributed by atoms with Crippen molar-refractivity contribution in [1.82, 2.24) is 0 Å². The second kappa shape index (κ2) is 6.13. The van der Waals surface area contributed by atoms with Crippen LogP contribution >= 0.6 is 0 Å². The first-order valence-electron chi connectivity index (χ1n) is 9.32. The van der Waals surface area contributed by atoms with Crippen LogP contribution in [-0.2, 0) is 5.54 Å². The van der Waals surface area contributed by atoms with Gasteiger partial charge in [0, 0.05) is 5.56 Å². The van der Waals surface area contributed by atoms with Crippen LogP contribution in [0.5, 0.6) is 11.5 Å². The number of nitrogens with two attached hydrogens (primary N) is 1. The Bertz CT molecular complexity index is 1040. The fourth-order valence-electron chi connectivity index (χ4n) is 4.26. The molecule has 0 saturated heterocycles. The van der Waals surface area contributed by atoms with E-state index in [-0.39, 0.29) is 0 Å².